The Balaban J connectivity index is 1.46. The van der Waals surface area contributed by atoms with Gasteiger partial charge in [-0.15, -0.1) is 0 Å². The Morgan fingerprint density at radius 2 is 1.92 bits per heavy atom. The lowest BCUT2D eigenvalue weighted by molar-refractivity contribution is 0.144. The lowest BCUT2D eigenvalue weighted by atomic mass is 9.84. The SMILES string of the molecule is CCCCS(=O)(=O)N1CC[C@H](C2CCN(Cc3cccnc3)CC2)C1. The number of rotatable bonds is 7. The van der Waals surface area contributed by atoms with Crippen molar-refractivity contribution in [2.45, 2.75) is 45.6 Å². The summed E-state index contributed by atoms with van der Waals surface area (Å²) in [5.74, 6) is 1.55. The molecule has 2 aliphatic heterocycles. The Kier molecular flexibility index (Phi) is 6.47. The number of aromatic nitrogens is 1. The van der Waals surface area contributed by atoms with Gasteiger partial charge >= 0.3 is 0 Å². The van der Waals surface area contributed by atoms with Gasteiger partial charge in [0.1, 0.15) is 0 Å². The first-order valence-corrected chi connectivity index (χ1v) is 11.3. The van der Waals surface area contributed by atoms with Crippen molar-refractivity contribution in [2.24, 2.45) is 11.8 Å². The predicted octanol–water partition coefficient (Wildman–Crippen LogP) is 2.75. The molecule has 0 aliphatic carbocycles. The summed E-state index contributed by atoms with van der Waals surface area (Å²) in [4.78, 5) is 6.69. The fraction of sp³-hybridized carbons (Fsp3) is 0.737. The van der Waals surface area contributed by atoms with E-state index in [0.29, 0.717) is 17.6 Å². The molecule has 1 aromatic heterocycles. The van der Waals surface area contributed by atoms with Crippen LogP contribution in [0.15, 0.2) is 24.5 Å². The number of hydrogen-bond acceptors (Lipinski definition) is 4. The Bertz CT molecular complexity index is 627. The Labute approximate surface area is 152 Å². The van der Waals surface area contributed by atoms with Crippen LogP contribution in [0.2, 0.25) is 0 Å². The highest BCUT2D eigenvalue weighted by molar-refractivity contribution is 7.89. The van der Waals surface area contributed by atoms with Crippen LogP contribution in [0, 0.1) is 11.8 Å². The van der Waals surface area contributed by atoms with Gasteiger partial charge in [-0.05, 0) is 62.2 Å². The number of piperidine rings is 1. The molecule has 3 heterocycles. The second-order valence-corrected chi connectivity index (χ2v) is 9.64. The molecule has 0 bridgehead atoms. The van der Waals surface area contributed by atoms with Crippen LogP contribution in [-0.2, 0) is 16.6 Å². The molecule has 1 atom stereocenters. The molecule has 140 valence electrons. The van der Waals surface area contributed by atoms with Gasteiger partial charge in [0.2, 0.25) is 10.0 Å². The highest BCUT2D eigenvalue weighted by atomic mass is 32.2. The summed E-state index contributed by atoms with van der Waals surface area (Å²) in [7, 11) is -3.03. The monoisotopic (exact) mass is 365 g/mol. The van der Waals surface area contributed by atoms with E-state index in [2.05, 4.69) is 16.0 Å². The number of sulfonamides is 1. The fourth-order valence-electron chi connectivity index (χ4n) is 4.18. The molecule has 0 N–H and O–H groups in total. The van der Waals surface area contributed by atoms with E-state index in [-0.39, 0.29) is 0 Å². The average molecular weight is 366 g/mol. The Morgan fingerprint density at radius 1 is 1.16 bits per heavy atom. The summed E-state index contributed by atoms with van der Waals surface area (Å²) in [5.41, 5.74) is 1.27. The molecule has 2 fully saturated rings. The molecule has 0 spiro atoms. The second-order valence-electron chi connectivity index (χ2n) is 7.55. The maximum Gasteiger partial charge on any atom is 0.214 e. The molecule has 0 amide bonds. The van der Waals surface area contributed by atoms with Crippen LogP contribution in [0.5, 0.6) is 0 Å². The normalized spacial score (nSPS) is 24.0. The van der Waals surface area contributed by atoms with Crippen molar-refractivity contribution < 1.29 is 8.42 Å². The maximum absolute atomic E-state index is 12.4. The lowest BCUT2D eigenvalue weighted by Crippen LogP contribution is -2.37. The molecular formula is C19H31N3O2S. The van der Waals surface area contributed by atoms with Gasteiger partial charge in [-0.25, -0.2) is 12.7 Å². The zero-order valence-electron chi connectivity index (χ0n) is 15.3. The standard InChI is InChI=1S/C19H31N3O2S/c1-2-3-13-25(23,24)22-12-8-19(16-22)18-6-10-21(11-7-18)15-17-5-4-9-20-14-17/h4-5,9,14,18-19H,2-3,6-8,10-13,15-16H2,1H3/t19-/m0/s1. The summed E-state index contributed by atoms with van der Waals surface area (Å²) in [6.45, 7) is 6.72. The lowest BCUT2D eigenvalue weighted by Gasteiger charge is -2.34. The third kappa shape index (κ3) is 5.02. The van der Waals surface area contributed by atoms with Crippen molar-refractivity contribution in [1.29, 1.82) is 0 Å². The molecule has 1 aromatic rings. The molecular weight excluding hydrogens is 334 g/mol. The zero-order valence-corrected chi connectivity index (χ0v) is 16.1. The van der Waals surface area contributed by atoms with Crippen LogP contribution in [-0.4, -0.2) is 54.5 Å². The van der Waals surface area contributed by atoms with E-state index in [1.54, 1.807) is 4.31 Å². The van der Waals surface area contributed by atoms with E-state index in [4.69, 9.17) is 0 Å². The van der Waals surface area contributed by atoms with Crippen LogP contribution in [0.3, 0.4) is 0 Å². The molecule has 0 aromatic carbocycles. The number of nitrogens with zero attached hydrogens (tertiary/aromatic N) is 3. The topological polar surface area (TPSA) is 53.5 Å². The molecule has 3 rings (SSSR count). The number of hydrogen-bond donors (Lipinski definition) is 0. The van der Waals surface area contributed by atoms with E-state index in [1.807, 2.05) is 25.4 Å². The van der Waals surface area contributed by atoms with Crippen LogP contribution in [0.25, 0.3) is 0 Å². The van der Waals surface area contributed by atoms with Gasteiger partial charge in [0, 0.05) is 32.0 Å². The largest absolute Gasteiger partial charge is 0.299 e. The minimum absolute atomic E-state index is 0.319. The smallest absolute Gasteiger partial charge is 0.214 e. The zero-order chi connectivity index (χ0) is 17.7. The van der Waals surface area contributed by atoms with Crippen molar-refractivity contribution >= 4 is 10.0 Å². The van der Waals surface area contributed by atoms with Gasteiger partial charge in [-0.2, -0.15) is 0 Å². The Hall–Kier alpha value is -0.980. The van der Waals surface area contributed by atoms with Crippen LogP contribution in [0.1, 0.15) is 44.6 Å². The van der Waals surface area contributed by atoms with Crippen molar-refractivity contribution in [3.05, 3.63) is 30.1 Å². The number of unbranched alkanes of at least 4 members (excludes halogenated alkanes) is 1. The van der Waals surface area contributed by atoms with Gasteiger partial charge in [0.25, 0.3) is 0 Å². The molecule has 2 aliphatic rings. The summed E-state index contributed by atoms with van der Waals surface area (Å²) in [6.07, 6.45) is 8.89. The summed E-state index contributed by atoms with van der Waals surface area (Å²) in [6, 6.07) is 4.13. The maximum atomic E-state index is 12.4. The van der Waals surface area contributed by atoms with E-state index in [0.717, 1.165) is 52.0 Å². The molecule has 0 unspecified atom stereocenters. The van der Waals surface area contributed by atoms with Gasteiger partial charge in [0.05, 0.1) is 5.75 Å². The van der Waals surface area contributed by atoms with E-state index < -0.39 is 10.0 Å². The van der Waals surface area contributed by atoms with E-state index in [9.17, 15) is 8.42 Å². The van der Waals surface area contributed by atoms with Crippen LogP contribution in [0.4, 0.5) is 0 Å². The minimum atomic E-state index is -3.03. The summed E-state index contributed by atoms with van der Waals surface area (Å²) >= 11 is 0. The van der Waals surface area contributed by atoms with Gasteiger partial charge in [-0.1, -0.05) is 19.4 Å². The number of likely N-dealkylation sites (tertiary alicyclic amines) is 1. The highest BCUT2D eigenvalue weighted by Crippen LogP contribution is 2.33. The first-order valence-electron chi connectivity index (χ1n) is 9.67. The molecule has 6 heteroatoms. The molecule has 2 saturated heterocycles. The minimum Gasteiger partial charge on any atom is -0.299 e. The van der Waals surface area contributed by atoms with E-state index in [1.165, 1.54) is 18.4 Å². The van der Waals surface area contributed by atoms with Crippen molar-refractivity contribution in [2.75, 3.05) is 31.9 Å². The van der Waals surface area contributed by atoms with Crippen molar-refractivity contribution in [3.8, 4) is 0 Å². The van der Waals surface area contributed by atoms with Gasteiger partial charge in [-0.3, -0.25) is 9.88 Å². The first kappa shape index (κ1) is 18.8. The predicted molar refractivity (Wildman–Crippen MR) is 101 cm³/mol. The van der Waals surface area contributed by atoms with E-state index >= 15 is 0 Å². The fourth-order valence-corrected chi connectivity index (χ4v) is 5.89. The van der Waals surface area contributed by atoms with Gasteiger partial charge < -0.3 is 0 Å². The van der Waals surface area contributed by atoms with Crippen molar-refractivity contribution in [3.63, 3.8) is 0 Å². The third-order valence-electron chi connectivity index (χ3n) is 5.76. The number of pyridine rings is 1. The summed E-state index contributed by atoms with van der Waals surface area (Å²) < 4.78 is 26.5. The second kappa shape index (κ2) is 8.60. The van der Waals surface area contributed by atoms with Crippen LogP contribution < -0.4 is 0 Å². The molecule has 0 radical (unpaired) electrons. The molecule has 5 nitrogen and oxygen atoms in total. The molecule has 0 saturated carbocycles. The Morgan fingerprint density at radius 3 is 2.60 bits per heavy atom. The summed E-state index contributed by atoms with van der Waals surface area (Å²) in [5, 5.41) is 0. The molecule has 25 heavy (non-hydrogen) atoms. The average Bonchev–Trinajstić information content (AvgIpc) is 3.13. The van der Waals surface area contributed by atoms with Crippen LogP contribution >= 0.6 is 0 Å². The highest BCUT2D eigenvalue weighted by Gasteiger charge is 2.36. The quantitative estimate of drug-likeness (QED) is 0.745. The van der Waals surface area contributed by atoms with Gasteiger partial charge in [0.15, 0.2) is 0 Å². The first-order chi connectivity index (χ1) is 12.1. The third-order valence-corrected chi connectivity index (χ3v) is 7.69. The van der Waals surface area contributed by atoms with Crippen molar-refractivity contribution in [1.82, 2.24) is 14.2 Å².